The van der Waals surface area contributed by atoms with E-state index in [1.54, 1.807) is 43.3 Å². The number of amides is 1. The van der Waals surface area contributed by atoms with Crippen LogP contribution in [0.25, 0.3) is 0 Å². The second-order valence-electron chi connectivity index (χ2n) is 7.15. The maximum absolute atomic E-state index is 13.1. The number of benzene rings is 2. The molecule has 1 atom stereocenters. The lowest BCUT2D eigenvalue weighted by Gasteiger charge is -2.19. The minimum absolute atomic E-state index is 0.144. The fourth-order valence-corrected chi connectivity index (χ4v) is 3.96. The summed E-state index contributed by atoms with van der Waals surface area (Å²) in [5.74, 6) is 1.84. The van der Waals surface area contributed by atoms with Crippen LogP contribution in [0.15, 0.2) is 60.3 Å². The number of nitrogens with one attached hydrogen (secondary N) is 1. The molecular formula is C23H23FN4O4S. The molecular weight excluding hydrogens is 447 g/mol. The Morgan fingerprint density at radius 2 is 2.00 bits per heavy atom. The van der Waals surface area contributed by atoms with Gasteiger partial charge in [0.25, 0.3) is 0 Å². The van der Waals surface area contributed by atoms with Gasteiger partial charge in [0.2, 0.25) is 5.91 Å². The van der Waals surface area contributed by atoms with Gasteiger partial charge in [-0.05, 0) is 43.3 Å². The second kappa shape index (κ2) is 10.4. The zero-order valence-corrected chi connectivity index (χ0v) is 18.8. The number of thioether (sulfide) groups is 1. The lowest BCUT2D eigenvalue weighted by Crippen LogP contribution is -2.23. The first kappa shape index (κ1) is 22.7. The Kier molecular flexibility index (Phi) is 7.13. The van der Waals surface area contributed by atoms with Gasteiger partial charge in [0.05, 0.1) is 5.25 Å². The second-order valence-corrected chi connectivity index (χ2v) is 8.46. The SMILES string of the molecule is C=CCn1c(COc2ccc(F)cc2)nnc1SC(C)C(=O)Nc1ccc2c(c1)OCCO2. The summed E-state index contributed by atoms with van der Waals surface area (Å²) in [7, 11) is 0. The molecule has 4 rings (SSSR count). The van der Waals surface area contributed by atoms with Crippen molar-refractivity contribution < 1.29 is 23.4 Å². The number of allylic oxidation sites excluding steroid dienone is 1. The highest BCUT2D eigenvalue weighted by Gasteiger charge is 2.21. The van der Waals surface area contributed by atoms with Crippen molar-refractivity contribution in [2.75, 3.05) is 18.5 Å². The number of carbonyl (C=O) groups excluding carboxylic acids is 1. The Bertz CT molecular complexity index is 1140. The van der Waals surface area contributed by atoms with E-state index in [1.165, 1.54) is 23.9 Å². The Morgan fingerprint density at radius 3 is 2.76 bits per heavy atom. The van der Waals surface area contributed by atoms with Crippen LogP contribution in [-0.2, 0) is 17.9 Å². The number of halogens is 1. The van der Waals surface area contributed by atoms with Crippen molar-refractivity contribution in [3.05, 3.63) is 66.8 Å². The van der Waals surface area contributed by atoms with Gasteiger partial charge in [-0.3, -0.25) is 9.36 Å². The third-order valence-electron chi connectivity index (χ3n) is 4.75. The average molecular weight is 471 g/mol. The zero-order valence-electron chi connectivity index (χ0n) is 18.0. The van der Waals surface area contributed by atoms with Crippen LogP contribution in [0.3, 0.4) is 0 Å². The molecule has 0 saturated carbocycles. The van der Waals surface area contributed by atoms with Gasteiger partial charge in [0.15, 0.2) is 22.5 Å². The van der Waals surface area contributed by atoms with Crippen LogP contribution in [0.2, 0.25) is 0 Å². The van der Waals surface area contributed by atoms with Gasteiger partial charge in [0, 0.05) is 18.3 Å². The number of hydrogen-bond donors (Lipinski definition) is 1. The van der Waals surface area contributed by atoms with Gasteiger partial charge in [-0.2, -0.15) is 0 Å². The van der Waals surface area contributed by atoms with Gasteiger partial charge < -0.3 is 19.5 Å². The van der Waals surface area contributed by atoms with E-state index in [2.05, 4.69) is 22.1 Å². The topological polar surface area (TPSA) is 87.5 Å². The van der Waals surface area contributed by atoms with Crippen LogP contribution < -0.4 is 19.5 Å². The minimum atomic E-state index is -0.447. The summed E-state index contributed by atoms with van der Waals surface area (Å²) in [5.41, 5.74) is 0.623. The highest BCUT2D eigenvalue weighted by atomic mass is 32.2. The normalized spacial score (nSPS) is 13.3. The van der Waals surface area contributed by atoms with E-state index in [4.69, 9.17) is 14.2 Å². The first-order chi connectivity index (χ1) is 16.0. The standard InChI is InChI=1S/C23H23FN4O4S/c1-3-10-28-21(14-32-18-7-4-16(24)5-8-18)26-27-23(28)33-15(2)22(29)25-17-6-9-19-20(13-17)31-12-11-30-19/h3-9,13,15H,1,10-12,14H2,2H3,(H,25,29). The summed E-state index contributed by atoms with van der Waals surface area (Å²) in [6.45, 7) is 7.15. The molecule has 2 heterocycles. The Morgan fingerprint density at radius 1 is 1.24 bits per heavy atom. The number of hydrogen-bond acceptors (Lipinski definition) is 7. The van der Waals surface area contributed by atoms with E-state index in [0.717, 1.165) is 0 Å². The van der Waals surface area contributed by atoms with Crippen molar-refractivity contribution in [1.82, 2.24) is 14.8 Å². The van der Waals surface area contributed by atoms with Crippen molar-refractivity contribution in [3.8, 4) is 17.2 Å². The monoisotopic (exact) mass is 470 g/mol. The maximum atomic E-state index is 13.1. The van der Waals surface area contributed by atoms with Crippen LogP contribution >= 0.6 is 11.8 Å². The van der Waals surface area contributed by atoms with Crippen molar-refractivity contribution >= 4 is 23.4 Å². The van der Waals surface area contributed by atoms with E-state index in [0.29, 0.717) is 53.7 Å². The largest absolute Gasteiger partial charge is 0.486 e. The maximum Gasteiger partial charge on any atom is 0.237 e. The van der Waals surface area contributed by atoms with Gasteiger partial charge in [-0.25, -0.2) is 4.39 Å². The van der Waals surface area contributed by atoms with Gasteiger partial charge >= 0.3 is 0 Å². The molecule has 10 heteroatoms. The average Bonchev–Trinajstić information content (AvgIpc) is 3.20. The minimum Gasteiger partial charge on any atom is -0.486 e. The Balaban J connectivity index is 1.40. The van der Waals surface area contributed by atoms with Crippen LogP contribution in [0.4, 0.5) is 10.1 Å². The predicted molar refractivity (Wildman–Crippen MR) is 122 cm³/mol. The molecule has 1 N–H and O–H groups in total. The van der Waals surface area contributed by atoms with Gasteiger partial charge in [-0.15, -0.1) is 16.8 Å². The van der Waals surface area contributed by atoms with Crippen LogP contribution in [0.1, 0.15) is 12.7 Å². The lowest BCUT2D eigenvalue weighted by atomic mass is 10.2. The third kappa shape index (κ3) is 5.64. The van der Waals surface area contributed by atoms with Crippen LogP contribution in [-0.4, -0.2) is 39.1 Å². The molecule has 0 bridgehead atoms. The smallest absolute Gasteiger partial charge is 0.237 e. The number of fused-ring (bicyclic) bond motifs is 1. The summed E-state index contributed by atoms with van der Waals surface area (Å²) in [6, 6.07) is 11.0. The fraction of sp³-hybridized carbons (Fsp3) is 0.261. The molecule has 1 aliphatic rings. The first-order valence-corrected chi connectivity index (χ1v) is 11.2. The Labute approximate surface area is 194 Å². The summed E-state index contributed by atoms with van der Waals surface area (Å²) >= 11 is 1.28. The third-order valence-corrected chi connectivity index (χ3v) is 5.83. The number of nitrogens with zero attached hydrogens (tertiary/aromatic N) is 3. The molecule has 1 unspecified atom stereocenters. The van der Waals surface area contributed by atoms with E-state index in [9.17, 15) is 9.18 Å². The predicted octanol–water partition coefficient (Wildman–Crippen LogP) is 4.07. The molecule has 0 aliphatic carbocycles. The molecule has 172 valence electrons. The summed E-state index contributed by atoms with van der Waals surface area (Å²) in [4.78, 5) is 12.8. The summed E-state index contributed by atoms with van der Waals surface area (Å²) < 4.78 is 31.7. The van der Waals surface area contributed by atoms with E-state index in [-0.39, 0.29) is 18.3 Å². The van der Waals surface area contributed by atoms with Gasteiger partial charge in [0.1, 0.15) is 31.4 Å². The van der Waals surface area contributed by atoms with Crippen LogP contribution in [0, 0.1) is 5.82 Å². The van der Waals surface area contributed by atoms with E-state index < -0.39 is 5.25 Å². The van der Waals surface area contributed by atoms with Crippen LogP contribution in [0.5, 0.6) is 17.2 Å². The molecule has 0 saturated heterocycles. The molecule has 0 radical (unpaired) electrons. The number of rotatable bonds is 9. The molecule has 2 aromatic carbocycles. The number of anilines is 1. The number of carbonyl (C=O) groups is 1. The molecule has 0 fully saturated rings. The summed E-state index contributed by atoms with van der Waals surface area (Å²) in [6.07, 6.45) is 1.72. The molecule has 1 aliphatic heterocycles. The molecule has 1 aromatic heterocycles. The lowest BCUT2D eigenvalue weighted by molar-refractivity contribution is -0.115. The molecule has 1 amide bonds. The highest BCUT2D eigenvalue weighted by Crippen LogP contribution is 2.33. The van der Waals surface area contributed by atoms with Crippen molar-refractivity contribution in [1.29, 1.82) is 0 Å². The fourth-order valence-electron chi connectivity index (χ4n) is 3.08. The summed E-state index contributed by atoms with van der Waals surface area (Å²) in [5, 5.41) is 11.4. The number of ether oxygens (including phenoxy) is 3. The zero-order chi connectivity index (χ0) is 23.2. The molecule has 0 spiro atoms. The molecule has 33 heavy (non-hydrogen) atoms. The highest BCUT2D eigenvalue weighted by molar-refractivity contribution is 8.00. The van der Waals surface area contributed by atoms with Crippen molar-refractivity contribution in [2.24, 2.45) is 0 Å². The van der Waals surface area contributed by atoms with E-state index in [1.807, 2.05) is 4.57 Å². The first-order valence-electron chi connectivity index (χ1n) is 10.3. The van der Waals surface area contributed by atoms with Gasteiger partial charge in [-0.1, -0.05) is 17.8 Å². The van der Waals surface area contributed by atoms with E-state index >= 15 is 0 Å². The van der Waals surface area contributed by atoms with Crippen molar-refractivity contribution in [3.63, 3.8) is 0 Å². The molecule has 8 nitrogen and oxygen atoms in total. The Hall–Kier alpha value is -3.53. The quantitative estimate of drug-likeness (QED) is 0.373. The number of aromatic nitrogens is 3. The van der Waals surface area contributed by atoms with Crippen molar-refractivity contribution in [2.45, 2.75) is 30.5 Å². The molecule has 3 aromatic rings.